The Balaban J connectivity index is 2.44. The Morgan fingerprint density at radius 2 is 2.22 bits per heavy atom. The molecule has 2 aromatic rings. The van der Waals surface area contributed by atoms with Crippen LogP contribution in [0.25, 0.3) is 0 Å². The van der Waals surface area contributed by atoms with Crippen molar-refractivity contribution in [2.45, 2.75) is 13.0 Å². The van der Waals surface area contributed by atoms with Gasteiger partial charge in [0.15, 0.2) is 5.76 Å². The first kappa shape index (κ1) is 12.3. The molecule has 18 heavy (non-hydrogen) atoms. The standard InChI is InChI=1S/C13H14N2O3/c1-9-7-12(18-15-9)13(17-2)11-6-4-3-5-10(11)8-14-16/h3-8,13,16H,1-2H3. The molecule has 0 saturated carbocycles. The summed E-state index contributed by atoms with van der Waals surface area (Å²) < 4.78 is 10.7. The Morgan fingerprint density at radius 1 is 1.44 bits per heavy atom. The lowest BCUT2D eigenvalue weighted by atomic mass is 10.0. The largest absolute Gasteiger partial charge is 0.411 e. The van der Waals surface area contributed by atoms with Gasteiger partial charge in [-0.15, -0.1) is 0 Å². The van der Waals surface area contributed by atoms with Crippen molar-refractivity contribution in [2.75, 3.05) is 7.11 Å². The van der Waals surface area contributed by atoms with Crippen molar-refractivity contribution in [2.24, 2.45) is 5.16 Å². The van der Waals surface area contributed by atoms with E-state index in [0.717, 1.165) is 16.8 Å². The molecule has 0 bridgehead atoms. The molecule has 1 aromatic heterocycles. The van der Waals surface area contributed by atoms with Crippen LogP contribution in [-0.2, 0) is 4.74 Å². The van der Waals surface area contributed by atoms with E-state index in [1.807, 2.05) is 37.3 Å². The maximum atomic E-state index is 8.67. The van der Waals surface area contributed by atoms with Gasteiger partial charge in [0.2, 0.25) is 0 Å². The Morgan fingerprint density at radius 3 is 2.83 bits per heavy atom. The van der Waals surface area contributed by atoms with Gasteiger partial charge in [-0.05, 0) is 12.5 Å². The minimum absolute atomic E-state index is 0.375. The van der Waals surface area contributed by atoms with E-state index in [2.05, 4.69) is 10.3 Å². The summed E-state index contributed by atoms with van der Waals surface area (Å²) in [5.41, 5.74) is 2.41. The summed E-state index contributed by atoms with van der Waals surface area (Å²) in [6.07, 6.45) is 0.991. The smallest absolute Gasteiger partial charge is 0.170 e. The van der Waals surface area contributed by atoms with Gasteiger partial charge in [-0.2, -0.15) is 0 Å². The van der Waals surface area contributed by atoms with Gasteiger partial charge in [-0.3, -0.25) is 0 Å². The first-order valence-electron chi connectivity index (χ1n) is 5.48. The van der Waals surface area contributed by atoms with Gasteiger partial charge < -0.3 is 14.5 Å². The van der Waals surface area contributed by atoms with E-state index >= 15 is 0 Å². The lowest BCUT2D eigenvalue weighted by Gasteiger charge is -2.14. The van der Waals surface area contributed by atoms with Crippen LogP contribution in [-0.4, -0.2) is 23.7 Å². The van der Waals surface area contributed by atoms with Crippen LogP contribution < -0.4 is 0 Å². The molecule has 94 valence electrons. The van der Waals surface area contributed by atoms with Crippen LogP contribution in [0.4, 0.5) is 0 Å². The zero-order valence-corrected chi connectivity index (χ0v) is 10.2. The van der Waals surface area contributed by atoms with E-state index in [1.165, 1.54) is 6.21 Å². The molecule has 0 aliphatic rings. The number of aromatic nitrogens is 1. The number of hydrogen-bond acceptors (Lipinski definition) is 5. The molecular formula is C13H14N2O3. The predicted octanol–water partition coefficient (Wildman–Crippen LogP) is 2.53. The topological polar surface area (TPSA) is 67.9 Å². The molecule has 5 nitrogen and oxygen atoms in total. The SMILES string of the molecule is COC(c1cc(C)no1)c1ccccc1C=NO. The molecule has 0 spiro atoms. The number of methoxy groups -OCH3 is 1. The Hall–Kier alpha value is -2.14. The van der Waals surface area contributed by atoms with Gasteiger partial charge in [0, 0.05) is 18.7 Å². The van der Waals surface area contributed by atoms with E-state index in [4.69, 9.17) is 14.5 Å². The molecule has 5 heteroatoms. The molecule has 0 saturated heterocycles. The summed E-state index contributed by atoms with van der Waals surface area (Å²) in [6.45, 7) is 1.85. The highest BCUT2D eigenvalue weighted by Gasteiger charge is 2.20. The van der Waals surface area contributed by atoms with Gasteiger partial charge in [0.05, 0.1) is 11.9 Å². The van der Waals surface area contributed by atoms with Crippen molar-refractivity contribution in [3.63, 3.8) is 0 Å². The summed E-state index contributed by atoms with van der Waals surface area (Å²) in [4.78, 5) is 0. The highest BCUT2D eigenvalue weighted by molar-refractivity contribution is 5.81. The van der Waals surface area contributed by atoms with E-state index in [0.29, 0.717) is 5.76 Å². The van der Waals surface area contributed by atoms with E-state index < -0.39 is 0 Å². The van der Waals surface area contributed by atoms with Crippen molar-refractivity contribution < 1.29 is 14.5 Å². The van der Waals surface area contributed by atoms with Crippen molar-refractivity contribution in [1.29, 1.82) is 0 Å². The fraction of sp³-hybridized carbons (Fsp3) is 0.231. The minimum Gasteiger partial charge on any atom is -0.411 e. The van der Waals surface area contributed by atoms with E-state index in [-0.39, 0.29) is 6.10 Å². The lowest BCUT2D eigenvalue weighted by Crippen LogP contribution is -2.05. The van der Waals surface area contributed by atoms with Gasteiger partial charge in [0.25, 0.3) is 0 Å². The summed E-state index contributed by atoms with van der Waals surface area (Å²) in [5, 5.41) is 15.6. The third-order valence-corrected chi connectivity index (χ3v) is 2.62. The van der Waals surface area contributed by atoms with Crippen molar-refractivity contribution in [3.8, 4) is 0 Å². The molecule has 2 rings (SSSR count). The highest BCUT2D eigenvalue weighted by atomic mass is 16.5. The number of hydrogen-bond donors (Lipinski definition) is 1. The quantitative estimate of drug-likeness (QED) is 0.511. The second kappa shape index (κ2) is 5.46. The molecule has 0 fully saturated rings. The fourth-order valence-corrected chi connectivity index (χ4v) is 1.83. The Labute approximate surface area is 105 Å². The molecule has 0 amide bonds. The molecular weight excluding hydrogens is 232 g/mol. The molecule has 1 heterocycles. The van der Waals surface area contributed by atoms with Crippen LogP contribution >= 0.6 is 0 Å². The second-order valence-corrected chi connectivity index (χ2v) is 3.86. The number of oxime groups is 1. The van der Waals surface area contributed by atoms with Crippen LogP contribution in [0.15, 0.2) is 40.0 Å². The average molecular weight is 246 g/mol. The fourth-order valence-electron chi connectivity index (χ4n) is 1.83. The maximum Gasteiger partial charge on any atom is 0.170 e. The molecule has 1 unspecified atom stereocenters. The molecule has 1 N–H and O–H groups in total. The van der Waals surface area contributed by atoms with Crippen LogP contribution in [0.3, 0.4) is 0 Å². The molecule has 1 atom stereocenters. The molecule has 0 aliphatic heterocycles. The Bertz CT molecular complexity index is 549. The third kappa shape index (κ3) is 2.41. The summed E-state index contributed by atoms with van der Waals surface area (Å²) in [6, 6.07) is 9.30. The van der Waals surface area contributed by atoms with Gasteiger partial charge in [-0.1, -0.05) is 34.6 Å². The average Bonchev–Trinajstić information content (AvgIpc) is 2.79. The molecule has 0 aliphatic carbocycles. The lowest BCUT2D eigenvalue weighted by molar-refractivity contribution is 0.109. The number of aryl methyl sites for hydroxylation is 1. The molecule has 0 radical (unpaired) electrons. The predicted molar refractivity (Wildman–Crippen MR) is 65.9 cm³/mol. The summed E-state index contributed by atoms with van der Waals surface area (Å²) in [5.74, 6) is 0.619. The monoisotopic (exact) mass is 246 g/mol. The normalized spacial score (nSPS) is 13.0. The van der Waals surface area contributed by atoms with Crippen molar-refractivity contribution in [3.05, 3.63) is 52.9 Å². The summed E-state index contributed by atoms with van der Waals surface area (Å²) in [7, 11) is 1.59. The van der Waals surface area contributed by atoms with Crippen LogP contribution in [0.5, 0.6) is 0 Å². The Kier molecular flexibility index (Phi) is 3.74. The van der Waals surface area contributed by atoms with Gasteiger partial charge >= 0.3 is 0 Å². The summed E-state index contributed by atoms with van der Waals surface area (Å²) >= 11 is 0. The van der Waals surface area contributed by atoms with Crippen molar-refractivity contribution in [1.82, 2.24) is 5.16 Å². The third-order valence-electron chi connectivity index (χ3n) is 2.62. The number of ether oxygens (including phenoxy) is 1. The van der Waals surface area contributed by atoms with Gasteiger partial charge in [-0.25, -0.2) is 0 Å². The first-order chi connectivity index (χ1) is 8.76. The zero-order valence-electron chi connectivity index (χ0n) is 10.2. The minimum atomic E-state index is -0.375. The van der Waals surface area contributed by atoms with Crippen LogP contribution in [0.1, 0.15) is 28.7 Å². The number of benzene rings is 1. The van der Waals surface area contributed by atoms with Crippen LogP contribution in [0.2, 0.25) is 0 Å². The number of rotatable bonds is 4. The van der Waals surface area contributed by atoms with Gasteiger partial charge in [0.1, 0.15) is 6.10 Å². The second-order valence-electron chi connectivity index (χ2n) is 3.86. The maximum absolute atomic E-state index is 8.67. The number of nitrogens with zero attached hydrogens (tertiary/aromatic N) is 2. The van der Waals surface area contributed by atoms with Crippen molar-refractivity contribution >= 4 is 6.21 Å². The first-order valence-corrected chi connectivity index (χ1v) is 5.48. The van der Waals surface area contributed by atoms with E-state index in [9.17, 15) is 0 Å². The van der Waals surface area contributed by atoms with Crippen LogP contribution in [0, 0.1) is 6.92 Å². The van der Waals surface area contributed by atoms with E-state index in [1.54, 1.807) is 7.11 Å². The highest BCUT2D eigenvalue weighted by Crippen LogP contribution is 2.27. The molecule has 1 aromatic carbocycles. The zero-order chi connectivity index (χ0) is 13.0.